The highest BCUT2D eigenvalue weighted by molar-refractivity contribution is 5.27. The summed E-state index contributed by atoms with van der Waals surface area (Å²) in [5.41, 5.74) is 0.600. The maximum absolute atomic E-state index is 11.1. The minimum atomic E-state index is -0.655. The number of hydrogen-bond donors (Lipinski definition) is 3. The number of rotatable bonds is 0. The van der Waals surface area contributed by atoms with Gasteiger partial charge in [0.25, 0.3) is 0 Å². The van der Waals surface area contributed by atoms with Crippen LogP contribution in [-0.2, 0) is 0 Å². The largest absolute Gasteiger partial charge is 0.393 e. The van der Waals surface area contributed by atoms with Crippen LogP contribution in [0.4, 0.5) is 0 Å². The summed E-state index contributed by atoms with van der Waals surface area (Å²) in [4.78, 5) is 0. The zero-order valence-corrected chi connectivity index (χ0v) is 14.8. The van der Waals surface area contributed by atoms with Crippen molar-refractivity contribution >= 4 is 0 Å². The van der Waals surface area contributed by atoms with Gasteiger partial charge in [-0.1, -0.05) is 25.5 Å². The quantitative estimate of drug-likeness (QED) is 0.601. The maximum Gasteiger partial charge on any atom is 0.0676 e. The van der Waals surface area contributed by atoms with E-state index < -0.39 is 5.60 Å². The Morgan fingerprint density at radius 2 is 1.83 bits per heavy atom. The van der Waals surface area contributed by atoms with Crippen molar-refractivity contribution in [1.29, 1.82) is 0 Å². The van der Waals surface area contributed by atoms with Gasteiger partial charge in [-0.2, -0.15) is 0 Å². The average molecular weight is 320 g/mol. The van der Waals surface area contributed by atoms with Crippen molar-refractivity contribution in [3.8, 4) is 0 Å². The van der Waals surface area contributed by atoms with Gasteiger partial charge in [0, 0.05) is 5.41 Å². The molecule has 3 N–H and O–H groups in total. The second-order valence-corrected chi connectivity index (χ2v) is 9.58. The fourth-order valence-electron chi connectivity index (χ4n) is 6.99. The predicted molar refractivity (Wildman–Crippen MR) is 89.7 cm³/mol. The van der Waals surface area contributed by atoms with Crippen molar-refractivity contribution in [3.05, 3.63) is 11.6 Å². The molecule has 3 nitrogen and oxygen atoms in total. The summed E-state index contributed by atoms with van der Waals surface area (Å²) in [6.45, 7) is 6.50. The van der Waals surface area contributed by atoms with Gasteiger partial charge in [-0.3, -0.25) is 0 Å². The molecular weight excluding hydrogens is 288 g/mol. The molecule has 130 valence electrons. The number of aliphatic hydroxyl groups excluding tert-OH is 2. The van der Waals surface area contributed by atoms with Gasteiger partial charge in [0.2, 0.25) is 0 Å². The molecule has 3 heteroatoms. The Labute approximate surface area is 139 Å². The van der Waals surface area contributed by atoms with E-state index in [1.165, 1.54) is 5.57 Å². The van der Waals surface area contributed by atoms with Crippen LogP contribution in [0.25, 0.3) is 0 Å². The molecule has 8 atom stereocenters. The van der Waals surface area contributed by atoms with Crippen LogP contribution in [0.1, 0.15) is 65.7 Å². The van der Waals surface area contributed by atoms with E-state index in [1.54, 1.807) is 0 Å². The lowest BCUT2D eigenvalue weighted by atomic mass is 9.46. The molecular formula is C20H32O3. The van der Waals surface area contributed by atoms with Crippen LogP contribution in [0.2, 0.25) is 0 Å². The lowest BCUT2D eigenvalue weighted by Crippen LogP contribution is -2.59. The highest BCUT2D eigenvalue weighted by Gasteiger charge is 2.64. The standard InChI is InChI=1S/C20H32O3/c1-18-8-6-13(21)10-12(18)4-5-14-15-7-9-20(3,23)19(15,2)11-16(22)17(14)18/h4,13-17,21-23H,5-11H2,1-3H3/t13-,14?,15?,16?,17?,18-,19-,20-/m0/s1. The Morgan fingerprint density at radius 1 is 1.09 bits per heavy atom. The molecule has 3 fully saturated rings. The van der Waals surface area contributed by atoms with Gasteiger partial charge in [-0.05, 0) is 75.0 Å². The predicted octanol–water partition coefficient (Wildman–Crippen LogP) is 3.03. The van der Waals surface area contributed by atoms with Gasteiger partial charge < -0.3 is 15.3 Å². The third kappa shape index (κ3) is 1.99. The second-order valence-electron chi connectivity index (χ2n) is 9.58. The summed E-state index contributed by atoms with van der Waals surface area (Å²) >= 11 is 0. The minimum Gasteiger partial charge on any atom is -0.393 e. The van der Waals surface area contributed by atoms with Gasteiger partial charge >= 0.3 is 0 Å². The molecule has 0 aromatic rings. The third-order valence-electron chi connectivity index (χ3n) is 8.57. The molecule has 4 aliphatic rings. The Kier molecular flexibility index (Phi) is 3.38. The first-order chi connectivity index (χ1) is 10.7. The third-order valence-corrected chi connectivity index (χ3v) is 8.57. The van der Waals surface area contributed by atoms with Crippen LogP contribution in [0.5, 0.6) is 0 Å². The van der Waals surface area contributed by atoms with E-state index in [1.807, 2.05) is 6.92 Å². The van der Waals surface area contributed by atoms with Crippen molar-refractivity contribution in [3.63, 3.8) is 0 Å². The SMILES string of the molecule is C[C@]12CC[C@H](O)CC1=CCC1C2C(O)C[C@@]2(C)C1CC[C@]2(C)O. The molecule has 0 aromatic heterocycles. The summed E-state index contributed by atoms with van der Waals surface area (Å²) in [6.07, 6.45) is 8.11. The van der Waals surface area contributed by atoms with Crippen molar-refractivity contribution in [2.24, 2.45) is 28.6 Å². The highest BCUT2D eigenvalue weighted by Crippen LogP contribution is 2.66. The fourth-order valence-corrected chi connectivity index (χ4v) is 6.99. The fraction of sp³-hybridized carbons (Fsp3) is 0.900. The van der Waals surface area contributed by atoms with E-state index in [4.69, 9.17) is 0 Å². The molecule has 3 saturated carbocycles. The number of fused-ring (bicyclic) bond motifs is 5. The normalized spacial score (nSPS) is 58.9. The van der Waals surface area contributed by atoms with Crippen molar-refractivity contribution < 1.29 is 15.3 Å². The van der Waals surface area contributed by atoms with Crippen LogP contribution in [0.15, 0.2) is 11.6 Å². The van der Waals surface area contributed by atoms with Crippen molar-refractivity contribution in [2.45, 2.75) is 83.5 Å². The molecule has 0 bridgehead atoms. The Balaban J connectivity index is 1.74. The first-order valence-electron chi connectivity index (χ1n) is 9.47. The molecule has 0 spiro atoms. The molecule has 0 heterocycles. The van der Waals surface area contributed by atoms with Gasteiger partial charge in [0.05, 0.1) is 17.8 Å². The van der Waals surface area contributed by atoms with Gasteiger partial charge in [-0.25, -0.2) is 0 Å². The first-order valence-corrected chi connectivity index (χ1v) is 9.47. The van der Waals surface area contributed by atoms with E-state index in [0.29, 0.717) is 17.8 Å². The summed E-state index contributed by atoms with van der Waals surface area (Å²) in [5.74, 6) is 1.27. The lowest BCUT2D eigenvalue weighted by Gasteiger charge is -2.60. The molecule has 0 radical (unpaired) electrons. The molecule has 0 aliphatic heterocycles. The smallest absolute Gasteiger partial charge is 0.0676 e. The topological polar surface area (TPSA) is 60.7 Å². The molecule has 0 amide bonds. The average Bonchev–Trinajstić information content (AvgIpc) is 2.69. The van der Waals surface area contributed by atoms with Crippen LogP contribution in [0, 0.1) is 28.6 Å². The molecule has 0 saturated heterocycles. The zero-order chi connectivity index (χ0) is 16.6. The van der Waals surface area contributed by atoms with E-state index in [-0.39, 0.29) is 23.0 Å². The minimum absolute atomic E-state index is 0.0390. The second kappa shape index (κ2) is 4.83. The van der Waals surface area contributed by atoms with Crippen LogP contribution >= 0.6 is 0 Å². The van der Waals surface area contributed by atoms with Crippen LogP contribution in [0.3, 0.4) is 0 Å². The Morgan fingerprint density at radius 3 is 2.57 bits per heavy atom. The number of hydrogen-bond acceptors (Lipinski definition) is 3. The maximum atomic E-state index is 11.1. The number of aliphatic hydroxyl groups is 3. The Bertz CT molecular complexity index is 539. The van der Waals surface area contributed by atoms with Gasteiger partial charge in [-0.15, -0.1) is 0 Å². The van der Waals surface area contributed by atoms with E-state index in [0.717, 1.165) is 44.9 Å². The summed E-state index contributed by atoms with van der Waals surface area (Å²) in [7, 11) is 0. The van der Waals surface area contributed by atoms with E-state index >= 15 is 0 Å². The lowest BCUT2D eigenvalue weighted by molar-refractivity contribution is -0.162. The van der Waals surface area contributed by atoms with Crippen molar-refractivity contribution in [1.82, 2.24) is 0 Å². The summed E-state index contributed by atoms with van der Waals surface area (Å²) in [6, 6.07) is 0. The van der Waals surface area contributed by atoms with E-state index in [9.17, 15) is 15.3 Å². The highest BCUT2D eigenvalue weighted by atomic mass is 16.3. The molecule has 4 rings (SSSR count). The molecule has 0 aromatic carbocycles. The zero-order valence-electron chi connectivity index (χ0n) is 14.8. The van der Waals surface area contributed by atoms with Gasteiger partial charge in [0.15, 0.2) is 0 Å². The van der Waals surface area contributed by atoms with Gasteiger partial charge in [0.1, 0.15) is 0 Å². The van der Waals surface area contributed by atoms with Crippen LogP contribution < -0.4 is 0 Å². The molecule has 4 unspecified atom stereocenters. The number of allylic oxidation sites excluding steroid dienone is 1. The van der Waals surface area contributed by atoms with Crippen molar-refractivity contribution in [2.75, 3.05) is 0 Å². The van der Waals surface area contributed by atoms with Crippen LogP contribution in [-0.4, -0.2) is 33.1 Å². The Hall–Kier alpha value is -0.380. The summed E-state index contributed by atoms with van der Waals surface area (Å²) < 4.78 is 0. The summed E-state index contributed by atoms with van der Waals surface area (Å²) in [5, 5.41) is 32.1. The molecule has 23 heavy (non-hydrogen) atoms. The monoisotopic (exact) mass is 320 g/mol. The first kappa shape index (κ1) is 16.1. The molecule has 4 aliphatic carbocycles. The van der Waals surface area contributed by atoms with E-state index in [2.05, 4.69) is 19.9 Å².